The Morgan fingerprint density at radius 2 is 2.18 bits per heavy atom. The fourth-order valence-electron chi connectivity index (χ4n) is 1.67. The molecule has 1 N–H and O–H groups in total. The molecule has 0 radical (unpaired) electrons. The summed E-state index contributed by atoms with van der Waals surface area (Å²) in [6.07, 6.45) is 3.65. The molecule has 0 aliphatic heterocycles. The minimum atomic E-state index is -0.918. The number of carbonyl (C=O) groups is 1. The lowest BCUT2D eigenvalue weighted by Gasteiger charge is -2.05. The molecule has 0 atom stereocenters. The van der Waals surface area contributed by atoms with Gasteiger partial charge >= 0.3 is 5.97 Å². The summed E-state index contributed by atoms with van der Waals surface area (Å²) in [7, 11) is 0. The number of hydrogen-bond donors (Lipinski definition) is 1. The van der Waals surface area contributed by atoms with Gasteiger partial charge in [-0.2, -0.15) is 5.10 Å². The van der Waals surface area contributed by atoms with E-state index in [4.69, 9.17) is 5.11 Å². The van der Waals surface area contributed by atoms with Crippen LogP contribution in [0.15, 0.2) is 30.6 Å². The van der Waals surface area contributed by atoms with E-state index in [0.717, 1.165) is 5.69 Å². The average Bonchev–Trinajstić information content (AvgIpc) is 2.86. The number of carboxylic acid groups (broad SMARTS) is 1. The van der Waals surface area contributed by atoms with Crippen LogP contribution in [-0.2, 0) is 6.54 Å². The molecule has 2 aromatic rings. The largest absolute Gasteiger partial charge is 0.477 e. The quantitative estimate of drug-likeness (QED) is 0.878. The highest BCUT2D eigenvalue weighted by atomic mass is 16.4. The van der Waals surface area contributed by atoms with Gasteiger partial charge in [0.2, 0.25) is 0 Å². The summed E-state index contributed by atoms with van der Waals surface area (Å²) in [6.45, 7) is 4.58. The van der Waals surface area contributed by atoms with Crippen LogP contribution >= 0.6 is 0 Å². The van der Waals surface area contributed by atoms with Crippen molar-refractivity contribution in [3.05, 3.63) is 42.0 Å². The lowest BCUT2D eigenvalue weighted by Crippen LogP contribution is -2.09. The van der Waals surface area contributed by atoms with Crippen LogP contribution in [-0.4, -0.2) is 25.4 Å². The number of aromatic nitrogens is 3. The van der Waals surface area contributed by atoms with Crippen LogP contribution in [0.25, 0.3) is 0 Å². The SMILES string of the molecule is CC(C)n1ccc(Cn2cccc2C(=O)O)n1. The zero-order chi connectivity index (χ0) is 12.4. The molecule has 5 nitrogen and oxygen atoms in total. The van der Waals surface area contributed by atoms with E-state index in [1.54, 1.807) is 22.9 Å². The lowest BCUT2D eigenvalue weighted by molar-refractivity contribution is 0.0685. The highest BCUT2D eigenvalue weighted by Crippen LogP contribution is 2.08. The molecule has 2 heterocycles. The summed E-state index contributed by atoms with van der Waals surface area (Å²) in [5, 5.41) is 13.4. The summed E-state index contributed by atoms with van der Waals surface area (Å²) in [4.78, 5) is 10.9. The van der Waals surface area contributed by atoms with Gasteiger partial charge in [-0.05, 0) is 32.0 Å². The number of aromatic carboxylic acids is 1. The van der Waals surface area contributed by atoms with Crippen LogP contribution in [0.2, 0.25) is 0 Å². The van der Waals surface area contributed by atoms with Crippen molar-refractivity contribution < 1.29 is 9.90 Å². The van der Waals surface area contributed by atoms with Crippen molar-refractivity contribution in [2.75, 3.05) is 0 Å². The first-order valence-corrected chi connectivity index (χ1v) is 5.50. The maximum Gasteiger partial charge on any atom is 0.352 e. The fourth-order valence-corrected chi connectivity index (χ4v) is 1.67. The Kier molecular flexibility index (Phi) is 2.99. The molecular weight excluding hydrogens is 218 g/mol. The van der Waals surface area contributed by atoms with Crippen molar-refractivity contribution in [3.63, 3.8) is 0 Å². The molecule has 0 aliphatic carbocycles. The van der Waals surface area contributed by atoms with Crippen molar-refractivity contribution in [3.8, 4) is 0 Å². The topological polar surface area (TPSA) is 60.0 Å². The van der Waals surface area contributed by atoms with Crippen molar-refractivity contribution in [2.45, 2.75) is 26.4 Å². The van der Waals surface area contributed by atoms with E-state index < -0.39 is 5.97 Å². The van der Waals surface area contributed by atoms with Crippen molar-refractivity contribution in [1.29, 1.82) is 0 Å². The minimum absolute atomic E-state index is 0.282. The number of hydrogen-bond acceptors (Lipinski definition) is 2. The molecule has 0 saturated carbocycles. The Morgan fingerprint density at radius 3 is 2.76 bits per heavy atom. The molecule has 0 saturated heterocycles. The molecule has 90 valence electrons. The minimum Gasteiger partial charge on any atom is -0.477 e. The fraction of sp³-hybridized carbons (Fsp3) is 0.333. The zero-order valence-corrected chi connectivity index (χ0v) is 9.87. The summed E-state index contributed by atoms with van der Waals surface area (Å²) in [5.74, 6) is -0.918. The normalized spacial score (nSPS) is 11.0. The van der Waals surface area contributed by atoms with Gasteiger partial charge < -0.3 is 9.67 Å². The predicted octanol–water partition coefficient (Wildman–Crippen LogP) is 2.01. The van der Waals surface area contributed by atoms with Crippen LogP contribution in [0.5, 0.6) is 0 Å². The van der Waals surface area contributed by atoms with Crippen LogP contribution in [0.4, 0.5) is 0 Å². The molecule has 0 amide bonds. The number of carboxylic acids is 1. The van der Waals surface area contributed by atoms with Gasteiger partial charge in [0.05, 0.1) is 12.2 Å². The van der Waals surface area contributed by atoms with Crippen LogP contribution < -0.4 is 0 Å². The predicted molar refractivity (Wildman–Crippen MR) is 63.1 cm³/mol. The smallest absolute Gasteiger partial charge is 0.352 e. The van der Waals surface area contributed by atoms with E-state index in [9.17, 15) is 4.79 Å². The third-order valence-corrected chi connectivity index (χ3v) is 2.57. The average molecular weight is 233 g/mol. The monoisotopic (exact) mass is 233 g/mol. The maximum atomic E-state index is 10.9. The Bertz CT molecular complexity index is 525. The van der Waals surface area contributed by atoms with E-state index in [0.29, 0.717) is 12.6 Å². The third kappa shape index (κ3) is 2.38. The van der Waals surface area contributed by atoms with Gasteiger partial charge in [-0.15, -0.1) is 0 Å². The van der Waals surface area contributed by atoms with Gasteiger partial charge in [0, 0.05) is 18.4 Å². The molecule has 5 heteroatoms. The first-order chi connectivity index (χ1) is 8.08. The maximum absolute atomic E-state index is 10.9. The van der Waals surface area contributed by atoms with Gasteiger partial charge in [-0.3, -0.25) is 4.68 Å². The molecule has 0 aliphatic rings. The van der Waals surface area contributed by atoms with E-state index >= 15 is 0 Å². The highest BCUT2D eigenvalue weighted by molar-refractivity contribution is 5.85. The van der Waals surface area contributed by atoms with E-state index in [2.05, 4.69) is 18.9 Å². The molecule has 0 spiro atoms. The summed E-state index contributed by atoms with van der Waals surface area (Å²) in [6, 6.07) is 5.53. The van der Waals surface area contributed by atoms with Gasteiger partial charge in [0.15, 0.2) is 0 Å². The Hall–Kier alpha value is -2.04. The molecule has 2 rings (SSSR count). The van der Waals surface area contributed by atoms with Gasteiger partial charge in [0.1, 0.15) is 5.69 Å². The molecule has 0 aromatic carbocycles. The Labute approximate surface area is 99.3 Å². The second-order valence-electron chi connectivity index (χ2n) is 4.21. The third-order valence-electron chi connectivity index (χ3n) is 2.57. The summed E-state index contributed by atoms with van der Waals surface area (Å²) in [5.41, 5.74) is 1.14. The van der Waals surface area contributed by atoms with Crippen molar-refractivity contribution in [2.24, 2.45) is 0 Å². The first-order valence-electron chi connectivity index (χ1n) is 5.50. The zero-order valence-electron chi connectivity index (χ0n) is 9.87. The van der Waals surface area contributed by atoms with Gasteiger partial charge in [-0.25, -0.2) is 4.79 Å². The second kappa shape index (κ2) is 4.45. The standard InChI is InChI=1S/C12H15N3O2/c1-9(2)15-7-5-10(13-15)8-14-6-3-4-11(14)12(16)17/h3-7,9H,8H2,1-2H3,(H,16,17). The molecular formula is C12H15N3O2. The molecule has 0 fully saturated rings. The highest BCUT2D eigenvalue weighted by Gasteiger charge is 2.10. The van der Waals surface area contributed by atoms with Crippen LogP contribution in [0.1, 0.15) is 36.1 Å². The number of rotatable bonds is 4. The van der Waals surface area contributed by atoms with Crippen molar-refractivity contribution >= 4 is 5.97 Å². The number of nitrogens with zero attached hydrogens (tertiary/aromatic N) is 3. The Balaban J connectivity index is 2.19. The Morgan fingerprint density at radius 1 is 1.41 bits per heavy atom. The first kappa shape index (κ1) is 11.4. The molecule has 2 aromatic heterocycles. The summed E-state index contributed by atoms with van der Waals surface area (Å²) < 4.78 is 3.54. The summed E-state index contributed by atoms with van der Waals surface area (Å²) >= 11 is 0. The molecule has 0 bridgehead atoms. The second-order valence-corrected chi connectivity index (χ2v) is 4.21. The van der Waals surface area contributed by atoms with Gasteiger partial charge in [0.25, 0.3) is 0 Å². The van der Waals surface area contributed by atoms with E-state index in [1.807, 2.05) is 16.9 Å². The molecule has 17 heavy (non-hydrogen) atoms. The van der Waals surface area contributed by atoms with Crippen LogP contribution in [0, 0.1) is 0 Å². The lowest BCUT2D eigenvalue weighted by atomic mass is 10.4. The molecule has 0 unspecified atom stereocenters. The van der Waals surface area contributed by atoms with E-state index in [-0.39, 0.29) is 5.69 Å². The van der Waals surface area contributed by atoms with Gasteiger partial charge in [-0.1, -0.05) is 0 Å². The van der Waals surface area contributed by atoms with Crippen LogP contribution in [0.3, 0.4) is 0 Å². The van der Waals surface area contributed by atoms with Crippen molar-refractivity contribution in [1.82, 2.24) is 14.3 Å². The van der Waals surface area contributed by atoms with E-state index in [1.165, 1.54) is 0 Å².